The molecule has 27 heavy (non-hydrogen) atoms. The number of quaternary nitrogens is 1. The standard InChI is InChI=1S/C20H19ClN4O2/c1-13(14-6-3-2-4-7-14)24-11-17-18(22-12-24)25(20(27)23-19(17)26)16-9-5-8-15(21)10-16/h2-10,13,22H,11-12H2,1H3,(H,23,26,27)/p+1/t13-/m0/s1. The molecule has 1 aliphatic rings. The Labute approximate surface area is 161 Å². The number of hydrogen-bond donors (Lipinski definition) is 3. The highest BCUT2D eigenvalue weighted by molar-refractivity contribution is 6.30. The van der Waals surface area contributed by atoms with E-state index in [1.807, 2.05) is 18.2 Å². The van der Waals surface area contributed by atoms with Gasteiger partial charge in [-0.1, -0.05) is 48.0 Å². The van der Waals surface area contributed by atoms with Crippen molar-refractivity contribution in [2.75, 3.05) is 12.0 Å². The fourth-order valence-corrected chi connectivity index (χ4v) is 3.74. The Balaban J connectivity index is 1.76. The Morgan fingerprint density at radius 3 is 2.63 bits per heavy atom. The molecular weight excluding hydrogens is 364 g/mol. The lowest BCUT2D eigenvalue weighted by molar-refractivity contribution is -0.941. The smallest absolute Gasteiger partial charge is 0.324 e. The lowest BCUT2D eigenvalue weighted by atomic mass is 10.1. The van der Waals surface area contributed by atoms with E-state index in [1.165, 1.54) is 15.0 Å². The zero-order chi connectivity index (χ0) is 19.0. The summed E-state index contributed by atoms with van der Waals surface area (Å²) in [5.74, 6) is 0.537. The van der Waals surface area contributed by atoms with Crippen LogP contribution < -0.4 is 21.5 Å². The van der Waals surface area contributed by atoms with Crippen molar-refractivity contribution in [2.24, 2.45) is 0 Å². The van der Waals surface area contributed by atoms with Crippen molar-refractivity contribution in [3.8, 4) is 5.69 Å². The van der Waals surface area contributed by atoms with Crippen molar-refractivity contribution >= 4 is 17.4 Å². The van der Waals surface area contributed by atoms with Gasteiger partial charge in [0.05, 0.1) is 5.69 Å². The molecule has 1 aromatic heterocycles. The summed E-state index contributed by atoms with van der Waals surface area (Å²) in [6, 6.07) is 17.4. The first kappa shape index (κ1) is 17.6. The molecule has 0 saturated carbocycles. The van der Waals surface area contributed by atoms with E-state index in [2.05, 4.69) is 29.4 Å². The van der Waals surface area contributed by atoms with Crippen LogP contribution in [0.1, 0.15) is 24.1 Å². The van der Waals surface area contributed by atoms with Gasteiger partial charge in [-0.15, -0.1) is 0 Å². The Morgan fingerprint density at radius 2 is 1.89 bits per heavy atom. The Bertz CT molecular complexity index is 1090. The Hall–Kier alpha value is -2.83. The Morgan fingerprint density at radius 1 is 1.11 bits per heavy atom. The summed E-state index contributed by atoms with van der Waals surface area (Å²) < 4.78 is 1.48. The van der Waals surface area contributed by atoms with Crippen LogP contribution in [0.4, 0.5) is 5.82 Å². The van der Waals surface area contributed by atoms with Crippen LogP contribution in [0, 0.1) is 0 Å². The summed E-state index contributed by atoms with van der Waals surface area (Å²) in [5.41, 5.74) is 1.56. The Kier molecular flexibility index (Phi) is 4.59. The minimum Gasteiger partial charge on any atom is -0.324 e. The van der Waals surface area contributed by atoms with Crippen molar-refractivity contribution in [3.63, 3.8) is 0 Å². The van der Waals surface area contributed by atoms with Gasteiger partial charge in [-0.25, -0.2) is 9.36 Å². The number of benzene rings is 2. The number of aromatic amines is 1. The van der Waals surface area contributed by atoms with Crippen LogP contribution in [-0.2, 0) is 6.54 Å². The average molecular weight is 384 g/mol. The molecule has 7 heteroatoms. The zero-order valence-electron chi connectivity index (χ0n) is 14.8. The van der Waals surface area contributed by atoms with Crippen LogP contribution in [0.3, 0.4) is 0 Å². The molecule has 3 aromatic rings. The summed E-state index contributed by atoms with van der Waals surface area (Å²) in [4.78, 5) is 28.6. The number of H-pyrrole nitrogens is 1. The van der Waals surface area contributed by atoms with Crippen LogP contribution >= 0.6 is 11.6 Å². The van der Waals surface area contributed by atoms with Gasteiger partial charge in [-0.05, 0) is 25.1 Å². The minimum absolute atomic E-state index is 0.206. The maximum Gasteiger partial charge on any atom is 0.334 e. The summed E-state index contributed by atoms with van der Waals surface area (Å²) in [6.45, 7) is 3.26. The minimum atomic E-state index is -0.479. The van der Waals surface area contributed by atoms with Crippen molar-refractivity contribution < 1.29 is 4.90 Å². The second kappa shape index (κ2) is 7.06. The largest absolute Gasteiger partial charge is 0.334 e. The molecular formula is C20H20ClN4O2+. The highest BCUT2D eigenvalue weighted by Gasteiger charge is 2.29. The van der Waals surface area contributed by atoms with Crippen LogP contribution in [-0.4, -0.2) is 16.2 Å². The third-order valence-electron chi connectivity index (χ3n) is 5.07. The molecule has 4 rings (SSSR count). The van der Waals surface area contributed by atoms with Gasteiger partial charge in [0.25, 0.3) is 5.56 Å². The molecule has 0 saturated heterocycles. The van der Waals surface area contributed by atoms with Crippen LogP contribution in [0.15, 0.2) is 64.2 Å². The molecule has 1 aliphatic heterocycles. The van der Waals surface area contributed by atoms with Crippen LogP contribution in [0.5, 0.6) is 0 Å². The normalized spacial score (nSPS) is 17.0. The predicted octanol–water partition coefficient (Wildman–Crippen LogP) is 1.71. The number of rotatable bonds is 3. The maximum atomic E-state index is 12.5. The van der Waals surface area contributed by atoms with Crippen molar-refractivity contribution in [1.82, 2.24) is 9.55 Å². The van der Waals surface area contributed by atoms with E-state index in [0.717, 1.165) is 0 Å². The zero-order valence-corrected chi connectivity index (χ0v) is 15.6. The molecule has 2 heterocycles. The SMILES string of the molecule is C[C@@H](c1ccccc1)[NH+]1CNc2c(c(=O)[nH]c(=O)n2-c2cccc(Cl)c2)C1. The third kappa shape index (κ3) is 3.29. The summed E-state index contributed by atoms with van der Waals surface area (Å²) in [7, 11) is 0. The van der Waals surface area contributed by atoms with Gasteiger partial charge in [-0.2, -0.15) is 0 Å². The maximum absolute atomic E-state index is 12.5. The number of nitrogens with zero attached hydrogens (tertiary/aromatic N) is 1. The lowest BCUT2D eigenvalue weighted by Gasteiger charge is -2.32. The number of nitrogens with one attached hydrogen (secondary N) is 3. The average Bonchev–Trinajstić information content (AvgIpc) is 2.68. The first-order chi connectivity index (χ1) is 13.0. The molecule has 6 nitrogen and oxygen atoms in total. The monoisotopic (exact) mass is 383 g/mol. The number of fused-ring (bicyclic) bond motifs is 1. The molecule has 0 spiro atoms. The second-order valence-corrected chi connectivity index (χ2v) is 7.16. The van der Waals surface area contributed by atoms with Crippen molar-refractivity contribution in [1.29, 1.82) is 0 Å². The van der Waals surface area contributed by atoms with E-state index in [4.69, 9.17) is 11.6 Å². The van der Waals surface area contributed by atoms with Gasteiger partial charge in [0, 0.05) is 10.6 Å². The van der Waals surface area contributed by atoms with Gasteiger partial charge >= 0.3 is 5.69 Å². The van der Waals surface area contributed by atoms with E-state index >= 15 is 0 Å². The van der Waals surface area contributed by atoms with E-state index in [-0.39, 0.29) is 11.6 Å². The highest BCUT2D eigenvalue weighted by atomic mass is 35.5. The van der Waals surface area contributed by atoms with Crippen molar-refractivity contribution in [2.45, 2.75) is 19.5 Å². The summed E-state index contributed by atoms with van der Waals surface area (Å²) >= 11 is 6.08. The molecule has 0 bridgehead atoms. The molecule has 0 amide bonds. The third-order valence-corrected chi connectivity index (χ3v) is 5.31. The molecule has 3 N–H and O–H groups in total. The topological polar surface area (TPSA) is 71.3 Å². The first-order valence-electron chi connectivity index (χ1n) is 8.82. The molecule has 1 unspecified atom stereocenters. The van der Waals surface area contributed by atoms with E-state index in [1.54, 1.807) is 24.3 Å². The van der Waals surface area contributed by atoms with Crippen LogP contribution in [0.25, 0.3) is 5.69 Å². The van der Waals surface area contributed by atoms with Crippen molar-refractivity contribution in [3.05, 3.63) is 91.6 Å². The second-order valence-electron chi connectivity index (χ2n) is 6.72. The molecule has 138 valence electrons. The number of halogens is 1. The van der Waals surface area contributed by atoms with Crippen LogP contribution in [0.2, 0.25) is 5.02 Å². The predicted molar refractivity (Wildman–Crippen MR) is 106 cm³/mol. The van der Waals surface area contributed by atoms with Gasteiger partial charge in [-0.3, -0.25) is 9.78 Å². The van der Waals surface area contributed by atoms with Gasteiger partial charge < -0.3 is 10.2 Å². The number of anilines is 1. The number of aromatic nitrogens is 2. The molecule has 0 fully saturated rings. The first-order valence-corrected chi connectivity index (χ1v) is 9.20. The molecule has 2 aromatic carbocycles. The number of hydrogen-bond acceptors (Lipinski definition) is 3. The van der Waals surface area contributed by atoms with Gasteiger partial charge in [0.15, 0.2) is 6.67 Å². The van der Waals surface area contributed by atoms with Gasteiger partial charge in [0.1, 0.15) is 24.0 Å². The molecule has 0 radical (unpaired) electrons. The molecule has 2 atom stereocenters. The summed E-state index contributed by atoms with van der Waals surface area (Å²) in [6.07, 6.45) is 0. The van der Waals surface area contributed by atoms with Gasteiger partial charge in [0.2, 0.25) is 0 Å². The quantitative estimate of drug-likeness (QED) is 0.644. The lowest BCUT2D eigenvalue weighted by Crippen LogP contribution is -3.12. The summed E-state index contributed by atoms with van der Waals surface area (Å²) in [5, 5.41) is 3.82. The fourth-order valence-electron chi connectivity index (χ4n) is 3.55. The molecule has 0 aliphatic carbocycles. The highest BCUT2D eigenvalue weighted by Crippen LogP contribution is 2.20. The van der Waals surface area contributed by atoms with E-state index in [0.29, 0.717) is 35.3 Å². The van der Waals surface area contributed by atoms with E-state index in [9.17, 15) is 9.59 Å². The van der Waals surface area contributed by atoms with E-state index < -0.39 is 5.69 Å². The fraction of sp³-hybridized carbons (Fsp3) is 0.200.